The number of nitrogens with zero attached hydrogens (tertiary/aromatic N) is 2. The van der Waals surface area contributed by atoms with Gasteiger partial charge < -0.3 is 10.2 Å². The molecule has 2 unspecified atom stereocenters. The van der Waals surface area contributed by atoms with E-state index in [1.165, 1.54) is 0 Å². The summed E-state index contributed by atoms with van der Waals surface area (Å²) >= 11 is 0. The van der Waals surface area contributed by atoms with Crippen LogP contribution in [0.2, 0.25) is 0 Å². The number of carboxylic acids is 2. The molecule has 1 aliphatic heterocycles. The van der Waals surface area contributed by atoms with E-state index in [9.17, 15) is 14.7 Å². The number of aromatic amines is 1. The van der Waals surface area contributed by atoms with Crippen molar-refractivity contribution < 1.29 is 19.8 Å². The molecule has 2 aromatic rings. The van der Waals surface area contributed by atoms with Gasteiger partial charge in [-0.1, -0.05) is 24.3 Å². The second-order valence-electron chi connectivity index (χ2n) is 4.76. The molecule has 0 spiro atoms. The number of carbonyl (C=O) groups is 2. The van der Waals surface area contributed by atoms with E-state index >= 15 is 0 Å². The van der Waals surface area contributed by atoms with Gasteiger partial charge in [-0.15, -0.1) is 5.10 Å². The molecule has 8 heteroatoms. The summed E-state index contributed by atoms with van der Waals surface area (Å²) in [5.41, 5.74) is 1.63. The van der Waals surface area contributed by atoms with Gasteiger partial charge in [-0.2, -0.15) is 10.3 Å². The van der Waals surface area contributed by atoms with Crippen molar-refractivity contribution >= 4 is 11.9 Å². The average Bonchev–Trinajstić information content (AvgIpc) is 2.95. The number of hydrogen-bond donors (Lipinski definition) is 4. The van der Waals surface area contributed by atoms with Crippen LogP contribution in [0.25, 0.3) is 0 Å². The van der Waals surface area contributed by atoms with Crippen LogP contribution >= 0.6 is 0 Å². The fourth-order valence-electron chi connectivity index (χ4n) is 2.55. The zero-order chi connectivity index (χ0) is 15.0. The van der Waals surface area contributed by atoms with Gasteiger partial charge in [0.05, 0.1) is 6.04 Å². The van der Waals surface area contributed by atoms with Crippen molar-refractivity contribution in [1.29, 1.82) is 0 Å². The molecule has 1 aromatic carbocycles. The maximum Gasteiger partial charge on any atom is 0.358 e. The van der Waals surface area contributed by atoms with Crippen LogP contribution in [0.15, 0.2) is 24.3 Å². The van der Waals surface area contributed by atoms with Crippen LogP contribution in [0.5, 0.6) is 0 Å². The first kappa shape index (κ1) is 13.3. The fraction of sp³-hybridized carbons (Fsp3) is 0.231. The summed E-state index contributed by atoms with van der Waals surface area (Å²) in [6, 6.07) is 5.87. The van der Waals surface area contributed by atoms with Gasteiger partial charge in [0, 0.05) is 0 Å². The summed E-state index contributed by atoms with van der Waals surface area (Å²) in [6.45, 7) is 0. The van der Waals surface area contributed by atoms with Crippen LogP contribution in [0.1, 0.15) is 33.4 Å². The Balaban J connectivity index is 2.10. The van der Waals surface area contributed by atoms with E-state index in [0.717, 1.165) is 11.1 Å². The molecule has 1 aliphatic rings. The number of fused-ring (bicyclic) bond motifs is 1. The lowest BCUT2D eigenvalue weighted by atomic mass is 9.88. The van der Waals surface area contributed by atoms with E-state index in [-0.39, 0.29) is 11.4 Å². The Morgan fingerprint density at radius 2 is 1.95 bits per heavy atom. The van der Waals surface area contributed by atoms with Crippen LogP contribution in [0.4, 0.5) is 0 Å². The van der Waals surface area contributed by atoms with Crippen molar-refractivity contribution in [3.05, 3.63) is 46.8 Å². The van der Waals surface area contributed by atoms with Gasteiger partial charge in [-0.05, 0) is 17.5 Å². The summed E-state index contributed by atoms with van der Waals surface area (Å²) in [7, 11) is 0. The molecule has 2 heterocycles. The van der Waals surface area contributed by atoms with E-state index in [1.807, 2.05) is 24.3 Å². The lowest BCUT2D eigenvalue weighted by molar-refractivity contribution is -0.139. The molecule has 0 bridgehead atoms. The van der Waals surface area contributed by atoms with Crippen molar-refractivity contribution in [2.75, 3.05) is 0 Å². The molecular weight excluding hydrogens is 276 g/mol. The van der Waals surface area contributed by atoms with Crippen LogP contribution in [-0.4, -0.2) is 43.6 Å². The Morgan fingerprint density at radius 1 is 1.19 bits per heavy atom. The number of benzene rings is 1. The third-order valence-corrected chi connectivity index (χ3v) is 3.51. The van der Waals surface area contributed by atoms with Crippen LogP contribution < -0.4 is 5.32 Å². The average molecular weight is 288 g/mol. The number of rotatable bonds is 3. The number of carboxylic acid groups (broad SMARTS) is 2. The third-order valence-electron chi connectivity index (χ3n) is 3.51. The van der Waals surface area contributed by atoms with Crippen molar-refractivity contribution in [3.8, 4) is 0 Å². The number of aromatic nitrogens is 3. The largest absolute Gasteiger partial charge is 0.480 e. The SMILES string of the molecule is O=C(O)c1n[nH]nc1C1NC(C(=O)O)Cc2ccccc21. The molecule has 108 valence electrons. The highest BCUT2D eigenvalue weighted by Crippen LogP contribution is 2.30. The normalized spacial score (nSPS) is 20.8. The Kier molecular flexibility index (Phi) is 3.15. The van der Waals surface area contributed by atoms with Crippen molar-refractivity contribution in [2.45, 2.75) is 18.5 Å². The predicted molar refractivity (Wildman–Crippen MR) is 69.9 cm³/mol. The van der Waals surface area contributed by atoms with Crippen molar-refractivity contribution in [2.24, 2.45) is 0 Å². The summed E-state index contributed by atoms with van der Waals surface area (Å²) in [4.78, 5) is 22.5. The van der Waals surface area contributed by atoms with Crippen LogP contribution in [0, 0.1) is 0 Å². The molecule has 0 amide bonds. The maximum absolute atomic E-state index is 11.3. The van der Waals surface area contributed by atoms with Gasteiger partial charge >= 0.3 is 11.9 Å². The lowest BCUT2D eigenvalue weighted by Gasteiger charge is -2.30. The molecule has 0 fully saturated rings. The van der Waals surface area contributed by atoms with E-state index in [0.29, 0.717) is 6.42 Å². The summed E-state index contributed by atoms with van der Waals surface area (Å²) in [5, 5.41) is 31.1. The number of aliphatic carboxylic acids is 1. The maximum atomic E-state index is 11.3. The summed E-state index contributed by atoms with van der Waals surface area (Å²) < 4.78 is 0. The number of H-pyrrole nitrogens is 1. The number of hydrogen-bond acceptors (Lipinski definition) is 5. The second kappa shape index (κ2) is 4.98. The quantitative estimate of drug-likeness (QED) is 0.634. The highest BCUT2D eigenvalue weighted by Gasteiger charge is 2.34. The highest BCUT2D eigenvalue weighted by molar-refractivity contribution is 5.87. The van der Waals surface area contributed by atoms with Gasteiger partial charge in [0.2, 0.25) is 0 Å². The number of nitrogens with one attached hydrogen (secondary N) is 2. The van der Waals surface area contributed by atoms with Gasteiger partial charge in [0.25, 0.3) is 0 Å². The van der Waals surface area contributed by atoms with E-state index < -0.39 is 24.0 Å². The Labute approximate surface area is 118 Å². The van der Waals surface area contributed by atoms with Gasteiger partial charge in [-0.25, -0.2) is 4.79 Å². The smallest absolute Gasteiger partial charge is 0.358 e. The molecule has 4 N–H and O–H groups in total. The Hall–Kier alpha value is -2.74. The molecule has 21 heavy (non-hydrogen) atoms. The van der Waals surface area contributed by atoms with E-state index in [2.05, 4.69) is 20.7 Å². The van der Waals surface area contributed by atoms with E-state index in [4.69, 9.17) is 5.11 Å². The van der Waals surface area contributed by atoms with Crippen molar-refractivity contribution in [1.82, 2.24) is 20.7 Å². The third kappa shape index (κ3) is 2.25. The minimum Gasteiger partial charge on any atom is -0.480 e. The van der Waals surface area contributed by atoms with Crippen LogP contribution in [-0.2, 0) is 11.2 Å². The zero-order valence-corrected chi connectivity index (χ0v) is 10.8. The summed E-state index contributed by atoms with van der Waals surface area (Å²) in [5.74, 6) is -2.20. The molecule has 2 atom stereocenters. The Bertz CT molecular complexity index is 712. The first-order chi connectivity index (χ1) is 10.1. The molecule has 3 rings (SSSR count). The minimum absolute atomic E-state index is 0.181. The van der Waals surface area contributed by atoms with E-state index in [1.54, 1.807) is 0 Å². The molecule has 8 nitrogen and oxygen atoms in total. The molecule has 0 saturated heterocycles. The van der Waals surface area contributed by atoms with Crippen LogP contribution in [0.3, 0.4) is 0 Å². The van der Waals surface area contributed by atoms with Gasteiger partial charge in [-0.3, -0.25) is 10.1 Å². The molecular formula is C13H12N4O4. The minimum atomic E-state index is -1.21. The lowest BCUT2D eigenvalue weighted by Crippen LogP contribution is -2.45. The number of aromatic carboxylic acids is 1. The van der Waals surface area contributed by atoms with Gasteiger partial charge in [0.1, 0.15) is 11.7 Å². The van der Waals surface area contributed by atoms with Gasteiger partial charge in [0.15, 0.2) is 5.69 Å². The monoisotopic (exact) mass is 288 g/mol. The molecule has 0 saturated carbocycles. The second-order valence-corrected chi connectivity index (χ2v) is 4.76. The first-order valence-electron chi connectivity index (χ1n) is 6.28. The zero-order valence-electron chi connectivity index (χ0n) is 10.8. The molecule has 0 aliphatic carbocycles. The Morgan fingerprint density at radius 3 is 2.67 bits per heavy atom. The first-order valence-corrected chi connectivity index (χ1v) is 6.28. The standard InChI is InChI=1S/C13H12N4O4/c18-12(19)8-5-6-3-1-2-4-7(6)9(14-8)10-11(13(20)21)16-17-15-10/h1-4,8-9,14H,5H2,(H,18,19)(H,20,21)(H,15,16,17). The highest BCUT2D eigenvalue weighted by atomic mass is 16.4. The summed E-state index contributed by atoms with van der Waals surface area (Å²) in [6.07, 6.45) is 0.336. The van der Waals surface area contributed by atoms with Crippen molar-refractivity contribution in [3.63, 3.8) is 0 Å². The molecule has 0 radical (unpaired) electrons. The predicted octanol–water partition coefficient (Wildman–Crippen LogP) is 0.191. The molecule has 1 aromatic heterocycles. The topological polar surface area (TPSA) is 128 Å². The fourth-order valence-corrected chi connectivity index (χ4v) is 2.55.